The molecule has 232 valence electrons. The van der Waals surface area contributed by atoms with Crippen LogP contribution in [-0.2, 0) is 0 Å². The molecule has 0 aliphatic rings. The zero-order valence-corrected chi connectivity index (χ0v) is 27.1. The predicted molar refractivity (Wildman–Crippen MR) is 206 cm³/mol. The first-order valence-corrected chi connectivity index (χ1v) is 16.6. The number of hydrogen-bond acceptors (Lipinski definition) is 2. The van der Waals surface area contributed by atoms with Crippen LogP contribution < -0.4 is 0 Å². The molecule has 0 atom stereocenters. The normalized spacial score (nSPS) is 11.8. The molecule has 3 heterocycles. The molecule has 0 spiro atoms. The van der Waals surface area contributed by atoms with Crippen molar-refractivity contribution in [3.63, 3.8) is 0 Å². The third-order valence-electron chi connectivity index (χ3n) is 9.46. The third kappa shape index (κ3) is 4.68. The fraction of sp³-hybridized carbons (Fsp3) is 0.0222. The van der Waals surface area contributed by atoms with E-state index < -0.39 is 0 Å². The summed E-state index contributed by atoms with van der Waals surface area (Å²) in [5.41, 5.74) is 11.9. The Hall–Kier alpha value is -6.52. The highest BCUT2D eigenvalue weighted by atomic mass is 15.2. The van der Waals surface area contributed by atoms with Gasteiger partial charge in [0.25, 0.3) is 0 Å². The minimum atomic E-state index is 0.654. The van der Waals surface area contributed by atoms with Gasteiger partial charge in [-0.15, -0.1) is 0 Å². The number of allylic oxidation sites excluding steroid dienone is 2. The molecule has 0 radical (unpaired) electrons. The van der Waals surface area contributed by atoms with Crippen LogP contribution in [0.3, 0.4) is 0 Å². The number of aromatic nitrogens is 4. The maximum absolute atomic E-state index is 5.23. The topological polar surface area (TPSA) is 35.6 Å². The lowest BCUT2D eigenvalue weighted by Crippen LogP contribution is -2.06. The summed E-state index contributed by atoms with van der Waals surface area (Å²) >= 11 is 0. The molecule has 0 aliphatic carbocycles. The first-order chi connectivity index (χ1) is 24.2. The monoisotopic (exact) mass is 628 g/mol. The zero-order chi connectivity index (χ0) is 32.9. The van der Waals surface area contributed by atoms with Crippen molar-refractivity contribution in [1.82, 2.24) is 19.1 Å². The van der Waals surface area contributed by atoms with E-state index in [1.54, 1.807) is 6.08 Å². The Morgan fingerprint density at radius 2 is 1.04 bits per heavy atom. The second-order valence-corrected chi connectivity index (χ2v) is 12.3. The molecule has 0 fully saturated rings. The minimum absolute atomic E-state index is 0.654. The lowest BCUT2D eigenvalue weighted by Gasteiger charge is -2.13. The van der Waals surface area contributed by atoms with E-state index in [9.17, 15) is 0 Å². The van der Waals surface area contributed by atoms with Gasteiger partial charge in [-0.1, -0.05) is 122 Å². The molecular weight excluding hydrogens is 597 g/mol. The van der Waals surface area contributed by atoms with Crippen LogP contribution >= 0.6 is 0 Å². The number of fused-ring (bicyclic) bond motifs is 6. The van der Waals surface area contributed by atoms with Gasteiger partial charge in [0.15, 0.2) is 0 Å². The molecule has 4 nitrogen and oxygen atoms in total. The van der Waals surface area contributed by atoms with Crippen LogP contribution in [0.4, 0.5) is 0 Å². The lowest BCUT2D eigenvalue weighted by molar-refractivity contribution is 0.964. The predicted octanol–water partition coefficient (Wildman–Crippen LogP) is 11.5. The highest BCUT2D eigenvalue weighted by molar-refractivity contribution is 6.12. The smallest absolute Gasteiger partial charge is 0.235 e. The average molecular weight is 629 g/mol. The molecule has 9 aromatic rings. The van der Waals surface area contributed by atoms with Gasteiger partial charge in [-0.2, -0.15) is 0 Å². The van der Waals surface area contributed by atoms with Gasteiger partial charge in [0.05, 0.1) is 33.5 Å². The summed E-state index contributed by atoms with van der Waals surface area (Å²) in [6, 6.07) is 51.7. The van der Waals surface area contributed by atoms with Crippen LogP contribution in [0.15, 0.2) is 164 Å². The third-order valence-corrected chi connectivity index (χ3v) is 9.46. The van der Waals surface area contributed by atoms with E-state index >= 15 is 0 Å². The summed E-state index contributed by atoms with van der Waals surface area (Å²) in [6.07, 6.45) is 5.77. The van der Waals surface area contributed by atoms with Gasteiger partial charge in [-0.25, -0.2) is 9.97 Å². The Bertz CT molecular complexity index is 2730. The fourth-order valence-electron chi connectivity index (χ4n) is 7.22. The number of benzene rings is 6. The molecule has 4 heteroatoms. The molecule has 0 bridgehead atoms. The van der Waals surface area contributed by atoms with Crippen LogP contribution in [0.25, 0.3) is 83.7 Å². The number of rotatable bonds is 6. The van der Waals surface area contributed by atoms with E-state index in [1.165, 1.54) is 38.3 Å². The van der Waals surface area contributed by atoms with Crippen molar-refractivity contribution < 1.29 is 0 Å². The maximum atomic E-state index is 5.23. The van der Waals surface area contributed by atoms with Gasteiger partial charge in [0.2, 0.25) is 5.95 Å². The maximum Gasteiger partial charge on any atom is 0.235 e. The highest BCUT2D eigenvalue weighted by Gasteiger charge is 2.19. The van der Waals surface area contributed by atoms with Gasteiger partial charge in [-0.05, 0) is 66.6 Å². The molecule has 0 aliphatic heterocycles. The van der Waals surface area contributed by atoms with Gasteiger partial charge >= 0.3 is 0 Å². The number of nitrogens with zero attached hydrogens (tertiary/aromatic N) is 4. The van der Waals surface area contributed by atoms with Crippen molar-refractivity contribution in [2.24, 2.45) is 0 Å². The minimum Gasteiger partial charge on any atom is -0.309 e. The molecule has 9 rings (SSSR count). The Morgan fingerprint density at radius 1 is 0.510 bits per heavy atom. The van der Waals surface area contributed by atoms with E-state index in [-0.39, 0.29) is 0 Å². The summed E-state index contributed by atoms with van der Waals surface area (Å²) in [4.78, 5) is 10.3. The lowest BCUT2D eigenvalue weighted by atomic mass is 10.0. The first-order valence-electron chi connectivity index (χ1n) is 16.6. The summed E-state index contributed by atoms with van der Waals surface area (Å²) < 4.78 is 4.56. The van der Waals surface area contributed by atoms with Crippen molar-refractivity contribution in [1.29, 1.82) is 0 Å². The van der Waals surface area contributed by atoms with Crippen molar-refractivity contribution in [3.8, 4) is 34.0 Å². The number of aryl methyl sites for hydroxylation is 1. The van der Waals surface area contributed by atoms with E-state index in [0.717, 1.165) is 44.6 Å². The second kappa shape index (κ2) is 11.6. The molecule has 49 heavy (non-hydrogen) atoms. The van der Waals surface area contributed by atoms with Gasteiger partial charge < -0.3 is 4.57 Å². The summed E-state index contributed by atoms with van der Waals surface area (Å²) in [6.45, 7) is 5.93. The molecule has 0 N–H and O–H groups in total. The molecular formula is C45H32N4. The van der Waals surface area contributed by atoms with Crippen LogP contribution in [0.5, 0.6) is 0 Å². The highest BCUT2D eigenvalue weighted by Crippen LogP contribution is 2.38. The summed E-state index contributed by atoms with van der Waals surface area (Å²) in [5, 5.41) is 4.81. The SMILES string of the molecule is C=C/C=C\c1c(C)nc(-n2c3ccccc3c3cc(-c4ccc5c(c4)c4ccccc4n5-c4ccccc4)ccc32)nc1-c1ccccc1. The first kappa shape index (κ1) is 28.7. The van der Waals surface area contributed by atoms with E-state index in [1.807, 2.05) is 30.4 Å². The van der Waals surface area contributed by atoms with Crippen molar-refractivity contribution >= 4 is 49.7 Å². The molecule has 0 amide bonds. The van der Waals surface area contributed by atoms with Crippen molar-refractivity contribution in [2.45, 2.75) is 6.92 Å². The second-order valence-electron chi connectivity index (χ2n) is 12.3. The Kier molecular flexibility index (Phi) is 6.80. The van der Waals surface area contributed by atoms with Crippen LogP contribution in [0.1, 0.15) is 11.3 Å². The van der Waals surface area contributed by atoms with Crippen molar-refractivity contribution in [2.75, 3.05) is 0 Å². The molecule has 0 unspecified atom stereocenters. The van der Waals surface area contributed by atoms with Gasteiger partial charge in [0, 0.05) is 38.4 Å². The Balaban J connectivity index is 1.24. The molecule has 6 aromatic carbocycles. The zero-order valence-electron chi connectivity index (χ0n) is 27.1. The molecule has 0 saturated carbocycles. The van der Waals surface area contributed by atoms with Gasteiger partial charge in [-0.3, -0.25) is 4.57 Å². The fourth-order valence-corrected chi connectivity index (χ4v) is 7.22. The van der Waals surface area contributed by atoms with Crippen LogP contribution in [0.2, 0.25) is 0 Å². The van der Waals surface area contributed by atoms with E-state index in [2.05, 4.69) is 150 Å². The molecule has 0 saturated heterocycles. The van der Waals surface area contributed by atoms with E-state index in [4.69, 9.17) is 9.97 Å². The largest absolute Gasteiger partial charge is 0.309 e. The quantitative estimate of drug-likeness (QED) is 0.172. The Labute approximate surface area is 284 Å². The van der Waals surface area contributed by atoms with Gasteiger partial charge in [0.1, 0.15) is 0 Å². The van der Waals surface area contributed by atoms with Crippen LogP contribution in [-0.4, -0.2) is 19.1 Å². The average Bonchev–Trinajstić information content (AvgIpc) is 3.67. The summed E-state index contributed by atoms with van der Waals surface area (Å²) in [5.74, 6) is 0.654. The standard InChI is InChI=1S/C45H32N4/c1-3-4-19-35-30(2)46-45(47-44(35)31-15-7-5-8-16-31)49-41-23-14-12-21-37(41)39-29-33(25-27-43(39)49)32-24-26-42-38(28-32)36-20-11-13-22-40(36)48(42)34-17-9-6-10-18-34/h3-29H,1H2,2H3/b19-4-. The van der Waals surface area contributed by atoms with Crippen LogP contribution in [0, 0.1) is 6.92 Å². The number of hydrogen-bond donors (Lipinski definition) is 0. The Morgan fingerprint density at radius 3 is 1.67 bits per heavy atom. The molecule has 3 aromatic heterocycles. The van der Waals surface area contributed by atoms with E-state index in [0.29, 0.717) is 5.95 Å². The van der Waals surface area contributed by atoms with Crippen molar-refractivity contribution in [3.05, 3.63) is 176 Å². The summed E-state index contributed by atoms with van der Waals surface area (Å²) in [7, 11) is 0. The number of para-hydroxylation sites is 3.